The van der Waals surface area contributed by atoms with Crippen molar-refractivity contribution < 1.29 is 24.8 Å². The van der Waals surface area contributed by atoms with Crippen LogP contribution in [-0.4, -0.2) is 45.9 Å². The van der Waals surface area contributed by atoms with E-state index in [1.807, 2.05) is 13.8 Å². The lowest BCUT2D eigenvalue weighted by molar-refractivity contribution is -0.738. The Bertz CT molecular complexity index is 857. The van der Waals surface area contributed by atoms with Crippen molar-refractivity contribution in [2.45, 2.75) is 50.9 Å². The minimum absolute atomic E-state index is 0.259. The highest BCUT2D eigenvalue weighted by Crippen LogP contribution is 2.51. The van der Waals surface area contributed by atoms with Crippen LogP contribution in [0, 0.1) is 11.8 Å². The molecule has 0 saturated carbocycles. The van der Waals surface area contributed by atoms with Crippen LogP contribution >= 0.6 is 11.6 Å². The quantitative estimate of drug-likeness (QED) is 0.640. The predicted molar refractivity (Wildman–Crippen MR) is 97.7 cm³/mol. The second-order valence-electron chi connectivity index (χ2n) is 7.78. The number of imide groups is 1. The molecule has 2 saturated heterocycles. The monoisotopic (exact) mass is 392 g/mol. The number of nitrogens with zero attached hydrogens (tertiary/aromatic N) is 1. The molecule has 3 heterocycles. The molecule has 0 aliphatic carbocycles. The number of benzene rings is 1. The molecule has 6 atom stereocenters. The summed E-state index contributed by atoms with van der Waals surface area (Å²) in [5.41, 5.74) is -0.209. The first kappa shape index (κ1) is 18.4. The second kappa shape index (κ2) is 6.02. The van der Waals surface area contributed by atoms with Gasteiger partial charge in [-0.15, -0.1) is 0 Å². The highest BCUT2D eigenvalue weighted by molar-refractivity contribution is 6.35. The third-order valence-corrected chi connectivity index (χ3v) is 6.72. The molecule has 0 aromatic heterocycles. The van der Waals surface area contributed by atoms with Gasteiger partial charge in [-0.3, -0.25) is 19.3 Å². The van der Waals surface area contributed by atoms with Gasteiger partial charge in [-0.1, -0.05) is 24.6 Å². The normalized spacial score (nSPS) is 34.0. The number of hydrogen-bond donors (Lipinski definition) is 3. The van der Waals surface area contributed by atoms with E-state index in [1.54, 1.807) is 30.4 Å². The third-order valence-electron chi connectivity index (χ3n) is 6.41. The molecule has 1 aromatic rings. The van der Waals surface area contributed by atoms with Crippen LogP contribution in [-0.2, 0) is 19.9 Å². The Hall–Kier alpha value is -1.96. The predicted octanol–water partition coefficient (Wildman–Crippen LogP) is 0.214. The number of nitrogens with one attached hydrogen (secondary N) is 1. The van der Waals surface area contributed by atoms with Gasteiger partial charge in [0.1, 0.15) is 24.0 Å². The maximum Gasteiger partial charge on any atom is 0.291 e. The highest BCUT2D eigenvalue weighted by Gasteiger charge is 2.75. The lowest BCUT2D eigenvalue weighted by atomic mass is 9.76. The van der Waals surface area contributed by atoms with E-state index >= 15 is 0 Å². The molecular formula is C19H23ClN3O4+. The number of aliphatic hydroxyl groups is 1. The Morgan fingerprint density at radius 3 is 2.63 bits per heavy atom. The number of para-hydroxylation sites is 1. The summed E-state index contributed by atoms with van der Waals surface area (Å²) < 4.78 is 0. The van der Waals surface area contributed by atoms with Gasteiger partial charge in [-0.2, -0.15) is 0 Å². The number of likely N-dealkylation sites (tertiary alicyclic amines) is 1. The van der Waals surface area contributed by atoms with Crippen LogP contribution in [0.3, 0.4) is 0 Å². The Balaban J connectivity index is 1.92. The van der Waals surface area contributed by atoms with E-state index in [1.165, 1.54) is 4.90 Å². The summed E-state index contributed by atoms with van der Waals surface area (Å²) in [5.74, 6) is -2.63. The number of rotatable bonds is 3. The van der Waals surface area contributed by atoms with Crippen molar-refractivity contribution in [2.24, 2.45) is 11.8 Å². The van der Waals surface area contributed by atoms with Crippen LogP contribution in [0.2, 0.25) is 5.02 Å². The van der Waals surface area contributed by atoms with E-state index in [9.17, 15) is 19.5 Å². The first-order valence-corrected chi connectivity index (χ1v) is 9.65. The molecule has 3 amide bonds. The van der Waals surface area contributed by atoms with Crippen molar-refractivity contribution in [1.29, 1.82) is 0 Å². The van der Waals surface area contributed by atoms with E-state index in [0.29, 0.717) is 22.7 Å². The second-order valence-corrected chi connectivity index (χ2v) is 8.18. The molecule has 144 valence electrons. The van der Waals surface area contributed by atoms with Crippen molar-refractivity contribution in [2.75, 3.05) is 5.32 Å². The molecule has 7 nitrogen and oxygen atoms in total. The summed E-state index contributed by atoms with van der Waals surface area (Å²) in [4.78, 5) is 41.0. The third kappa shape index (κ3) is 2.19. The summed E-state index contributed by atoms with van der Waals surface area (Å²) in [6.07, 6.45) is -0.233. The lowest BCUT2D eigenvalue weighted by Gasteiger charge is -2.29. The molecule has 4 N–H and O–H groups in total. The van der Waals surface area contributed by atoms with E-state index in [4.69, 9.17) is 11.6 Å². The van der Waals surface area contributed by atoms with Crippen molar-refractivity contribution in [1.82, 2.24) is 4.90 Å². The summed E-state index contributed by atoms with van der Waals surface area (Å²) in [7, 11) is 0. The van der Waals surface area contributed by atoms with Crippen LogP contribution in [0.4, 0.5) is 5.69 Å². The van der Waals surface area contributed by atoms with Gasteiger partial charge in [0.2, 0.25) is 17.4 Å². The smallest absolute Gasteiger partial charge is 0.291 e. The number of amides is 3. The number of carbonyl (C=O) groups excluding carboxylic acids is 3. The lowest BCUT2D eigenvalue weighted by Crippen LogP contribution is -3.00. The molecule has 0 bridgehead atoms. The van der Waals surface area contributed by atoms with E-state index in [-0.39, 0.29) is 23.8 Å². The minimum Gasteiger partial charge on any atom is -0.387 e. The summed E-state index contributed by atoms with van der Waals surface area (Å²) in [6.45, 7) is 5.32. The van der Waals surface area contributed by atoms with Crippen molar-refractivity contribution in [3.05, 3.63) is 28.8 Å². The average Bonchev–Trinajstić information content (AvgIpc) is 3.21. The van der Waals surface area contributed by atoms with Crippen LogP contribution in [0.5, 0.6) is 0 Å². The van der Waals surface area contributed by atoms with E-state index < -0.39 is 29.5 Å². The number of nitrogens with two attached hydrogens (primary N) is 1. The van der Waals surface area contributed by atoms with Gasteiger partial charge in [0, 0.05) is 11.6 Å². The van der Waals surface area contributed by atoms with Crippen LogP contribution in [0.25, 0.3) is 0 Å². The number of halogens is 1. The Morgan fingerprint density at radius 2 is 2.00 bits per heavy atom. The Kier molecular flexibility index (Phi) is 4.10. The maximum atomic E-state index is 13.4. The van der Waals surface area contributed by atoms with E-state index in [0.717, 1.165) is 0 Å². The number of anilines is 1. The number of fused-ring (bicyclic) bond motifs is 4. The van der Waals surface area contributed by atoms with Crippen molar-refractivity contribution >= 4 is 35.0 Å². The molecule has 1 spiro atoms. The summed E-state index contributed by atoms with van der Waals surface area (Å²) in [6, 6.07) is 4.32. The molecular weight excluding hydrogens is 370 g/mol. The van der Waals surface area contributed by atoms with Crippen LogP contribution in [0.1, 0.15) is 32.8 Å². The number of carbonyl (C=O) groups is 3. The molecule has 27 heavy (non-hydrogen) atoms. The highest BCUT2D eigenvalue weighted by atomic mass is 35.5. The van der Waals surface area contributed by atoms with Crippen molar-refractivity contribution in [3.63, 3.8) is 0 Å². The average molecular weight is 393 g/mol. The fourth-order valence-electron chi connectivity index (χ4n) is 4.96. The molecule has 8 heteroatoms. The minimum atomic E-state index is -1.29. The zero-order valence-electron chi connectivity index (χ0n) is 15.4. The van der Waals surface area contributed by atoms with Crippen LogP contribution in [0.15, 0.2) is 18.2 Å². The number of quaternary nitrogens is 1. The molecule has 2 fully saturated rings. The Morgan fingerprint density at radius 1 is 1.30 bits per heavy atom. The van der Waals surface area contributed by atoms with Gasteiger partial charge in [0.05, 0.1) is 10.7 Å². The van der Waals surface area contributed by atoms with Gasteiger partial charge in [-0.05, 0) is 32.4 Å². The van der Waals surface area contributed by atoms with Gasteiger partial charge >= 0.3 is 0 Å². The molecule has 3 aliphatic rings. The first-order chi connectivity index (χ1) is 12.8. The zero-order valence-corrected chi connectivity index (χ0v) is 16.2. The fourth-order valence-corrected chi connectivity index (χ4v) is 5.18. The zero-order chi connectivity index (χ0) is 19.7. The fraction of sp³-hybridized carbons (Fsp3) is 0.526. The van der Waals surface area contributed by atoms with E-state index in [2.05, 4.69) is 5.32 Å². The molecule has 0 unspecified atom stereocenters. The standard InChI is InChI=1S/C19H22ClN3O4/c1-4-8(2)23-16(25)12-13(17(23)26)19(22-14(12)9(3)24)10-6-5-7-11(20)15(10)21-18(19)27/h5-9,12-14,22,24H,4H2,1-3H3,(H,21,27)/p+1/t8-,9+,12-,13-,14+,19-/m0/s1. The summed E-state index contributed by atoms with van der Waals surface area (Å²) in [5, 5.41) is 15.2. The van der Waals surface area contributed by atoms with Gasteiger partial charge in [0.25, 0.3) is 5.91 Å². The first-order valence-electron chi connectivity index (χ1n) is 9.27. The topological polar surface area (TPSA) is 103 Å². The number of hydrogen-bond acceptors (Lipinski definition) is 4. The van der Waals surface area contributed by atoms with Gasteiger partial charge < -0.3 is 15.7 Å². The SMILES string of the molecule is CC[C@H](C)N1C(=O)[C@@H]2[C@@H]([C@@H](C)O)[NH2+][C@]3(C(=O)Nc4c(Cl)cccc43)[C@@H]2C1=O. The molecule has 3 aliphatic heterocycles. The van der Waals surface area contributed by atoms with Gasteiger partial charge in [-0.25, -0.2) is 0 Å². The molecule has 4 rings (SSSR count). The van der Waals surface area contributed by atoms with Crippen LogP contribution < -0.4 is 10.6 Å². The molecule has 1 aromatic carbocycles. The molecule has 0 radical (unpaired) electrons. The maximum absolute atomic E-state index is 13.4. The van der Waals surface area contributed by atoms with Crippen molar-refractivity contribution in [3.8, 4) is 0 Å². The summed E-state index contributed by atoms with van der Waals surface area (Å²) >= 11 is 6.26. The largest absolute Gasteiger partial charge is 0.387 e. The number of aliphatic hydroxyl groups excluding tert-OH is 1. The van der Waals surface area contributed by atoms with Gasteiger partial charge in [0.15, 0.2) is 0 Å². The Labute approximate surface area is 162 Å².